The number of ketones is 1. The Labute approximate surface area is 140 Å². The molecule has 0 fully saturated rings. The molecule has 0 bridgehead atoms. The normalized spacial score (nSPS) is 12.1. The molecule has 0 unspecified atom stereocenters. The first-order valence-corrected chi connectivity index (χ1v) is 8.11. The van der Waals surface area contributed by atoms with E-state index >= 15 is 0 Å². The van der Waals surface area contributed by atoms with Gasteiger partial charge in [-0.15, -0.1) is 0 Å². The summed E-state index contributed by atoms with van der Waals surface area (Å²) in [7, 11) is 0. The number of hydrogen-bond donors (Lipinski definition) is 0. The largest absolute Gasteiger partial charge is 0.313 e. The second-order valence-electron chi connectivity index (χ2n) is 4.43. The molecule has 0 spiro atoms. The van der Waals surface area contributed by atoms with Crippen molar-refractivity contribution in [2.45, 2.75) is 54.9 Å². The Kier molecular flexibility index (Phi) is 9.56. The molecule has 0 saturated carbocycles. The van der Waals surface area contributed by atoms with Crippen molar-refractivity contribution >= 4 is 23.2 Å². The highest BCUT2D eigenvalue weighted by atomic mass is 16.1. The molecule has 0 atom stereocenters. The highest BCUT2D eigenvalue weighted by Crippen LogP contribution is 2.27. The number of aromatic nitrogens is 1. The lowest BCUT2D eigenvalue weighted by Crippen LogP contribution is -1.96. The van der Waals surface area contributed by atoms with Crippen LogP contribution in [0.5, 0.6) is 0 Å². The summed E-state index contributed by atoms with van der Waals surface area (Å²) in [6, 6.07) is 7.87. The van der Waals surface area contributed by atoms with E-state index in [1.54, 1.807) is 6.92 Å². The van der Waals surface area contributed by atoms with Gasteiger partial charge in [0.1, 0.15) is 0 Å². The lowest BCUT2D eigenvalue weighted by Gasteiger charge is -2.05. The molecule has 0 aliphatic carbocycles. The molecule has 3 rings (SSSR count). The van der Waals surface area contributed by atoms with E-state index in [9.17, 15) is 4.79 Å². The van der Waals surface area contributed by atoms with Gasteiger partial charge < -0.3 is 4.40 Å². The molecular formula is C20H30N2O. The van der Waals surface area contributed by atoms with Crippen LogP contribution in [0, 0.1) is 0 Å². The predicted octanol–water partition coefficient (Wildman–Crippen LogP) is 6.04. The van der Waals surface area contributed by atoms with Crippen LogP contribution in [-0.2, 0) is 0 Å². The van der Waals surface area contributed by atoms with Crippen molar-refractivity contribution in [1.29, 1.82) is 0 Å². The molecule has 3 heterocycles. The number of allylic oxidation sites excluding steroid dienone is 1. The summed E-state index contributed by atoms with van der Waals surface area (Å²) in [5, 5.41) is 0. The summed E-state index contributed by atoms with van der Waals surface area (Å²) in [6.45, 7) is 9.59. The summed E-state index contributed by atoms with van der Waals surface area (Å²) in [6.07, 6.45) is 8.00. The van der Waals surface area contributed by atoms with E-state index in [0.29, 0.717) is 5.69 Å². The topological polar surface area (TPSA) is 33.8 Å². The summed E-state index contributed by atoms with van der Waals surface area (Å²) in [4.78, 5) is 16.1. The van der Waals surface area contributed by atoms with Gasteiger partial charge in [-0.05, 0) is 31.0 Å². The monoisotopic (exact) mass is 314 g/mol. The number of nitrogens with zero attached hydrogens (tertiary/aromatic N) is 2. The van der Waals surface area contributed by atoms with Crippen LogP contribution in [0.15, 0.2) is 41.5 Å². The van der Waals surface area contributed by atoms with Crippen molar-refractivity contribution in [2.75, 3.05) is 0 Å². The molecule has 3 nitrogen and oxygen atoms in total. The minimum atomic E-state index is 0. The molecular weight excluding hydrogens is 284 g/mol. The lowest BCUT2D eigenvalue weighted by molar-refractivity contribution is 0.101. The van der Waals surface area contributed by atoms with E-state index < -0.39 is 0 Å². The standard InChI is InChI=1S/C15H14N2O.2C2H6.CH4/c1-11(18)15-10-12(13-6-2-4-8-16-13)14-7-3-5-9-17(14)15;2*1-2;/h3,5-10H,2,4H2,1H3;2*1-2H3;1H4. The van der Waals surface area contributed by atoms with Crippen LogP contribution < -0.4 is 0 Å². The van der Waals surface area contributed by atoms with Crippen molar-refractivity contribution in [2.24, 2.45) is 4.99 Å². The third-order valence-electron chi connectivity index (χ3n) is 3.18. The van der Waals surface area contributed by atoms with Crippen LogP contribution in [0.3, 0.4) is 0 Å². The first-order valence-electron chi connectivity index (χ1n) is 8.11. The maximum atomic E-state index is 11.7. The Morgan fingerprint density at radius 3 is 2.39 bits per heavy atom. The highest BCUT2D eigenvalue weighted by molar-refractivity contribution is 5.97. The van der Waals surface area contributed by atoms with E-state index in [1.807, 2.05) is 68.8 Å². The van der Waals surface area contributed by atoms with E-state index in [0.717, 1.165) is 29.6 Å². The average molecular weight is 314 g/mol. The molecule has 1 aliphatic heterocycles. The number of carbonyl (C=O) groups excluding carboxylic acids is 1. The Balaban J connectivity index is 0.000000901. The Morgan fingerprint density at radius 1 is 1.13 bits per heavy atom. The van der Waals surface area contributed by atoms with Crippen molar-refractivity contribution in [1.82, 2.24) is 4.40 Å². The zero-order chi connectivity index (χ0) is 16.5. The van der Waals surface area contributed by atoms with Gasteiger partial charge in [0.15, 0.2) is 5.78 Å². The fourth-order valence-corrected chi connectivity index (χ4v) is 2.32. The van der Waals surface area contributed by atoms with Gasteiger partial charge in [0.25, 0.3) is 0 Å². The van der Waals surface area contributed by atoms with Gasteiger partial charge in [0.2, 0.25) is 0 Å². The van der Waals surface area contributed by atoms with Crippen molar-refractivity contribution in [3.63, 3.8) is 0 Å². The highest BCUT2D eigenvalue weighted by Gasteiger charge is 2.14. The van der Waals surface area contributed by atoms with Crippen LogP contribution >= 0.6 is 0 Å². The summed E-state index contributed by atoms with van der Waals surface area (Å²) in [5.41, 5.74) is 3.75. The molecule has 126 valence electrons. The minimum Gasteiger partial charge on any atom is -0.313 e. The molecule has 0 radical (unpaired) electrons. The molecule has 0 amide bonds. The number of hydrogen-bond acceptors (Lipinski definition) is 2. The first kappa shape index (κ1) is 20.8. The molecule has 2 aromatic rings. The van der Waals surface area contributed by atoms with Gasteiger partial charge in [-0.2, -0.15) is 0 Å². The van der Waals surface area contributed by atoms with Crippen LogP contribution in [0.25, 0.3) is 11.2 Å². The zero-order valence-corrected chi connectivity index (χ0v) is 14.3. The smallest absolute Gasteiger partial charge is 0.176 e. The molecule has 23 heavy (non-hydrogen) atoms. The third kappa shape index (κ3) is 4.65. The molecule has 3 heteroatoms. The number of fused-ring (bicyclic) bond motifs is 1. The second-order valence-corrected chi connectivity index (χ2v) is 4.43. The van der Waals surface area contributed by atoms with Crippen molar-refractivity contribution in [3.8, 4) is 0 Å². The quantitative estimate of drug-likeness (QED) is 0.622. The first-order chi connectivity index (χ1) is 10.8. The number of carbonyl (C=O) groups is 1. The predicted molar refractivity (Wildman–Crippen MR) is 103 cm³/mol. The summed E-state index contributed by atoms with van der Waals surface area (Å²) < 4.78 is 1.93. The van der Waals surface area contributed by atoms with Gasteiger partial charge in [-0.3, -0.25) is 9.79 Å². The van der Waals surface area contributed by atoms with Gasteiger partial charge >= 0.3 is 0 Å². The molecule has 1 aliphatic rings. The van der Waals surface area contributed by atoms with E-state index in [2.05, 4.69) is 11.1 Å². The maximum absolute atomic E-state index is 11.7. The summed E-state index contributed by atoms with van der Waals surface area (Å²) >= 11 is 0. The zero-order valence-electron chi connectivity index (χ0n) is 14.3. The Bertz CT molecular complexity index is 678. The third-order valence-corrected chi connectivity index (χ3v) is 3.18. The van der Waals surface area contributed by atoms with Crippen LogP contribution in [0.4, 0.5) is 0 Å². The second kappa shape index (κ2) is 10.5. The van der Waals surface area contributed by atoms with Gasteiger partial charge in [-0.25, -0.2) is 0 Å². The van der Waals surface area contributed by atoms with E-state index in [-0.39, 0.29) is 13.2 Å². The van der Waals surface area contributed by atoms with Crippen LogP contribution in [0.1, 0.15) is 70.9 Å². The number of Topliss-reactive ketones (excluding diaryl/α,β-unsaturated/α-hetero) is 1. The van der Waals surface area contributed by atoms with Crippen LogP contribution in [0.2, 0.25) is 0 Å². The maximum Gasteiger partial charge on any atom is 0.176 e. The molecule has 0 saturated heterocycles. The van der Waals surface area contributed by atoms with Crippen LogP contribution in [-0.4, -0.2) is 16.4 Å². The fourth-order valence-electron chi connectivity index (χ4n) is 2.32. The van der Waals surface area contributed by atoms with Gasteiger partial charge in [0, 0.05) is 24.9 Å². The SMILES string of the molecule is C.CC.CC.CC(=O)c1cc(C2=CCCC=N2)c2ccccn12. The van der Waals surface area contributed by atoms with Crippen molar-refractivity contribution in [3.05, 3.63) is 47.8 Å². The van der Waals surface area contributed by atoms with Crippen molar-refractivity contribution < 1.29 is 4.79 Å². The minimum absolute atomic E-state index is 0. The lowest BCUT2D eigenvalue weighted by atomic mass is 10.1. The number of aliphatic imine (C=N–C) groups is 1. The van der Waals surface area contributed by atoms with E-state index in [1.165, 1.54) is 0 Å². The average Bonchev–Trinajstić information content (AvgIpc) is 2.99. The van der Waals surface area contributed by atoms with E-state index in [4.69, 9.17) is 0 Å². The number of rotatable bonds is 2. The Hall–Kier alpha value is -2.16. The Morgan fingerprint density at radius 2 is 1.83 bits per heavy atom. The fraction of sp³-hybridized carbons (Fsp3) is 0.400. The number of pyridine rings is 1. The molecule has 0 aromatic carbocycles. The summed E-state index contributed by atoms with van der Waals surface area (Å²) in [5.74, 6) is 0.0721. The van der Waals surface area contributed by atoms with Gasteiger partial charge in [0.05, 0.1) is 16.9 Å². The molecule has 0 N–H and O–H groups in total. The molecule has 2 aromatic heterocycles. The van der Waals surface area contributed by atoms with Gasteiger partial charge in [-0.1, -0.05) is 47.3 Å².